The SMILES string of the molecule is CC(C)c1cccc(C(C)C)c1O.Cc1cc2c(C)ccc(C)c2[cH-]1.[Cl-].[Cl-].[Ti+3]. The molecule has 1 N–H and O–H groups in total. The van der Waals surface area contributed by atoms with Gasteiger partial charge in [0.25, 0.3) is 0 Å². The Labute approximate surface area is 198 Å². The van der Waals surface area contributed by atoms with Crippen LogP contribution in [-0.2, 0) is 21.7 Å². The summed E-state index contributed by atoms with van der Waals surface area (Å²) < 4.78 is 0. The molecule has 0 spiro atoms. The molecular weight excluding hydrogens is 423 g/mol. The molecule has 0 bridgehead atoms. The Morgan fingerprint density at radius 1 is 0.786 bits per heavy atom. The Morgan fingerprint density at radius 2 is 1.25 bits per heavy atom. The summed E-state index contributed by atoms with van der Waals surface area (Å²) in [5.74, 6) is 1.25. The molecule has 0 saturated heterocycles. The van der Waals surface area contributed by atoms with Crippen LogP contribution < -0.4 is 24.8 Å². The van der Waals surface area contributed by atoms with Crippen molar-refractivity contribution in [3.63, 3.8) is 0 Å². The molecule has 4 heteroatoms. The summed E-state index contributed by atoms with van der Waals surface area (Å²) in [4.78, 5) is 0. The van der Waals surface area contributed by atoms with Crippen molar-refractivity contribution >= 4 is 10.8 Å². The van der Waals surface area contributed by atoms with Crippen LogP contribution in [0.25, 0.3) is 10.8 Å². The summed E-state index contributed by atoms with van der Waals surface area (Å²) in [5, 5.41) is 12.7. The number of phenolic OH excluding ortho intramolecular Hbond substituents is 1. The maximum Gasteiger partial charge on any atom is 3.00 e. The van der Waals surface area contributed by atoms with Crippen molar-refractivity contribution in [2.45, 2.75) is 60.3 Å². The molecule has 1 nitrogen and oxygen atoms in total. The average Bonchev–Trinajstić information content (AvgIpc) is 2.94. The van der Waals surface area contributed by atoms with Crippen LogP contribution in [-0.4, -0.2) is 5.11 Å². The van der Waals surface area contributed by atoms with Crippen LogP contribution in [0.2, 0.25) is 0 Å². The summed E-state index contributed by atoms with van der Waals surface area (Å²) in [5.41, 5.74) is 6.22. The second kappa shape index (κ2) is 12.7. The van der Waals surface area contributed by atoms with Crippen LogP contribution in [0.3, 0.4) is 0 Å². The van der Waals surface area contributed by atoms with Crippen molar-refractivity contribution in [1.82, 2.24) is 0 Å². The van der Waals surface area contributed by atoms with Crippen LogP contribution >= 0.6 is 0 Å². The van der Waals surface area contributed by atoms with Gasteiger partial charge in [-0.1, -0.05) is 71.4 Å². The predicted molar refractivity (Wildman–Crippen MR) is 110 cm³/mol. The van der Waals surface area contributed by atoms with Gasteiger partial charge >= 0.3 is 21.7 Å². The number of aryl methyl sites for hydroxylation is 3. The monoisotopic (exact) mass is 453 g/mol. The van der Waals surface area contributed by atoms with E-state index in [4.69, 9.17) is 0 Å². The molecule has 3 rings (SSSR count). The fraction of sp³-hybridized carbons (Fsp3) is 0.375. The van der Waals surface area contributed by atoms with Crippen molar-refractivity contribution in [3.05, 3.63) is 70.3 Å². The van der Waals surface area contributed by atoms with Crippen LogP contribution in [0.15, 0.2) is 42.5 Å². The second-order valence-electron chi connectivity index (χ2n) is 7.65. The molecule has 0 aliphatic rings. The van der Waals surface area contributed by atoms with E-state index in [0.29, 0.717) is 17.6 Å². The molecule has 0 fully saturated rings. The van der Waals surface area contributed by atoms with E-state index in [-0.39, 0.29) is 46.5 Å². The molecule has 151 valence electrons. The van der Waals surface area contributed by atoms with E-state index < -0.39 is 0 Å². The zero-order chi connectivity index (χ0) is 18.7. The Bertz CT molecular complexity index is 801. The Morgan fingerprint density at radius 3 is 1.68 bits per heavy atom. The number of hydrogen-bond acceptors (Lipinski definition) is 1. The molecular formula is C24H31Cl2OTi. The molecule has 0 aliphatic carbocycles. The maximum absolute atomic E-state index is 9.93. The normalized spacial score (nSPS) is 9.89. The van der Waals surface area contributed by atoms with E-state index in [1.807, 2.05) is 18.2 Å². The van der Waals surface area contributed by atoms with E-state index in [2.05, 4.69) is 72.7 Å². The number of benzene rings is 2. The first-order valence-corrected chi connectivity index (χ1v) is 9.17. The van der Waals surface area contributed by atoms with Crippen molar-refractivity contribution in [3.8, 4) is 5.75 Å². The van der Waals surface area contributed by atoms with Gasteiger partial charge in [-0.25, -0.2) is 0 Å². The first-order chi connectivity index (χ1) is 11.7. The molecule has 1 radical (unpaired) electrons. The third kappa shape index (κ3) is 6.88. The zero-order valence-corrected chi connectivity index (χ0v) is 21.0. The molecule has 3 aromatic rings. The molecule has 28 heavy (non-hydrogen) atoms. The number of rotatable bonds is 2. The van der Waals surface area contributed by atoms with Crippen molar-refractivity contribution in [1.29, 1.82) is 0 Å². The Hall–Kier alpha value is -0.856. The van der Waals surface area contributed by atoms with Gasteiger partial charge in [-0.05, 0) is 29.9 Å². The molecule has 0 heterocycles. The van der Waals surface area contributed by atoms with E-state index in [1.54, 1.807) is 0 Å². The van der Waals surface area contributed by atoms with Crippen LogP contribution in [0, 0.1) is 20.8 Å². The second-order valence-corrected chi connectivity index (χ2v) is 7.65. The van der Waals surface area contributed by atoms with Gasteiger partial charge in [0.1, 0.15) is 5.75 Å². The summed E-state index contributed by atoms with van der Waals surface area (Å²) in [7, 11) is 0. The van der Waals surface area contributed by atoms with Gasteiger partial charge in [0.15, 0.2) is 0 Å². The van der Waals surface area contributed by atoms with E-state index >= 15 is 0 Å². The first kappa shape index (κ1) is 29.3. The minimum atomic E-state index is 0. The zero-order valence-electron chi connectivity index (χ0n) is 17.9. The third-order valence-corrected chi connectivity index (χ3v) is 4.81. The summed E-state index contributed by atoms with van der Waals surface area (Å²) >= 11 is 0. The van der Waals surface area contributed by atoms with Crippen LogP contribution in [0.1, 0.15) is 67.3 Å². The average molecular weight is 454 g/mol. The van der Waals surface area contributed by atoms with Gasteiger partial charge in [-0.2, -0.15) is 6.07 Å². The number of fused-ring (bicyclic) bond motifs is 1. The van der Waals surface area contributed by atoms with Crippen LogP contribution in [0.4, 0.5) is 0 Å². The fourth-order valence-electron chi connectivity index (χ4n) is 3.25. The standard InChI is InChI=1S/C12H18O.C12H13.2ClH.Ti/c1-8(2)10-6-5-7-11(9(3)4)12(10)13;1-8-6-11-9(2)4-5-10(3)12(11)7-8;;;/h5-9,13H,1-4H3;4-7H,1-3H3;2*1H;/q;-1;;;+3/p-2. The number of phenols is 1. The maximum atomic E-state index is 9.93. The van der Waals surface area contributed by atoms with Gasteiger partial charge in [0.05, 0.1) is 0 Å². The van der Waals surface area contributed by atoms with Gasteiger partial charge in [0.2, 0.25) is 0 Å². The van der Waals surface area contributed by atoms with E-state index in [9.17, 15) is 5.11 Å². The number of para-hydroxylation sites is 1. The van der Waals surface area contributed by atoms with Gasteiger partial charge in [-0.3, -0.25) is 0 Å². The van der Waals surface area contributed by atoms with Gasteiger partial charge in [-0.15, -0.1) is 34.0 Å². The molecule has 3 aromatic carbocycles. The first-order valence-electron chi connectivity index (χ1n) is 9.17. The van der Waals surface area contributed by atoms with Crippen molar-refractivity contribution < 1.29 is 51.6 Å². The smallest absolute Gasteiger partial charge is 1.00 e. The van der Waals surface area contributed by atoms with Crippen molar-refractivity contribution in [2.75, 3.05) is 0 Å². The Balaban J connectivity index is 0. The van der Waals surface area contributed by atoms with Crippen LogP contribution in [0.5, 0.6) is 5.75 Å². The predicted octanol–water partition coefficient (Wildman–Crippen LogP) is 1.13. The molecule has 0 amide bonds. The quantitative estimate of drug-likeness (QED) is 0.455. The van der Waals surface area contributed by atoms with Gasteiger partial charge < -0.3 is 29.9 Å². The third-order valence-electron chi connectivity index (χ3n) is 4.81. The van der Waals surface area contributed by atoms with Gasteiger partial charge in [0, 0.05) is 0 Å². The summed E-state index contributed by atoms with van der Waals surface area (Å²) in [6, 6.07) is 14.9. The minimum Gasteiger partial charge on any atom is -1.00 e. The fourth-order valence-corrected chi connectivity index (χ4v) is 3.25. The molecule has 0 unspecified atom stereocenters. The molecule has 0 aromatic heterocycles. The number of halogens is 2. The minimum absolute atomic E-state index is 0. The van der Waals surface area contributed by atoms with Crippen molar-refractivity contribution in [2.24, 2.45) is 0 Å². The Kier molecular flexibility index (Phi) is 13.3. The molecule has 0 saturated carbocycles. The topological polar surface area (TPSA) is 20.2 Å². The number of aromatic hydroxyl groups is 1. The van der Waals surface area contributed by atoms with E-state index in [0.717, 1.165) is 11.1 Å². The molecule has 0 atom stereocenters. The summed E-state index contributed by atoms with van der Waals surface area (Å²) in [6.07, 6.45) is 0. The summed E-state index contributed by atoms with van der Waals surface area (Å²) in [6.45, 7) is 14.9. The van der Waals surface area contributed by atoms with E-state index in [1.165, 1.54) is 27.5 Å². The largest absolute Gasteiger partial charge is 3.00 e. The molecule has 0 aliphatic heterocycles. The number of hydrogen-bond donors (Lipinski definition) is 1.